The molecule has 0 aliphatic rings. The predicted octanol–water partition coefficient (Wildman–Crippen LogP) is 3.60. The number of rotatable bonds is 11. The maximum Gasteiger partial charge on any atom is 0.260 e. The lowest BCUT2D eigenvalue weighted by molar-refractivity contribution is -0.123. The monoisotopic (exact) mass is 562 g/mol. The highest BCUT2D eigenvalue weighted by molar-refractivity contribution is 7.92. The Hall–Kier alpha value is -3.60. The van der Waals surface area contributed by atoms with Gasteiger partial charge in [0.25, 0.3) is 11.8 Å². The Morgan fingerprint density at radius 2 is 1.68 bits per heavy atom. The number of nitrogens with zero attached hydrogens (tertiary/aromatic N) is 2. The van der Waals surface area contributed by atoms with E-state index in [1.165, 1.54) is 24.4 Å². The Kier molecular flexibility index (Phi) is 9.90. The number of nitrogens with one attached hydrogen (secondary N) is 2. The van der Waals surface area contributed by atoms with Gasteiger partial charge in [-0.3, -0.25) is 13.9 Å². The molecule has 3 aromatic rings. The Labute approximate surface area is 225 Å². The summed E-state index contributed by atoms with van der Waals surface area (Å²) in [5.41, 5.74) is 4.00. The Morgan fingerprint density at radius 1 is 0.973 bits per heavy atom. The zero-order valence-corrected chi connectivity index (χ0v) is 22.1. The fourth-order valence-corrected chi connectivity index (χ4v) is 4.37. The minimum absolute atomic E-state index is 0.0156. The van der Waals surface area contributed by atoms with Crippen LogP contribution in [0.5, 0.6) is 5.75 Å². The Morgan fingerprint density at radius 3 is 2.35 bits per heavy atom. The van der Waals surface area contributed by atoms with Gasteiger partial charge in [-0.2, -0.15) is 5.10 Å². The molecule has 0 aliphatic carbocycles. The third kappa shape index (κ3) is 8.78. The standard InChI is InChI=1S/C25H24Cl2N4O5S/c1-37(34,35)31(22-9-5-8-21(26)25(22)27)16-23(32)30-29-15-19-10-12-20(13-11-19)36-17-24(33)28-14-18-6-3-2-4-7-18/h2-13,15H,14,16-17H2,1H3,(H,28,33)(H,30,32)/b29-15+. The van der Waals surface area contributed by atoms with Crippen molar-refractivity contribution in [1.29, 1.82) is 0 Å². The van der Waals surface area contributed by atoms with Gasteiger partial charge in [0.15, 0.2) is 6.61 Å². The highest BCUT2D eigenvalue weighted by atomic mass is 35.5. The van der Waals surface area contributed by atoms with E-state index in [1.807, 2.05) is 30.3 Å². The first-order valence-corrected chi connectivity index (χ1v) is 13.5. The molecule has 0 heterocycles. The molecule has 0 bridgehead atoms. The van der Waals surface area contributed by atoms with Crippen LogP contribution in [0.2, 0.25) is 10.0 Å². The summed E-state index contributed by atoms with van der Waals surface area (Å²) in [6.45, 7) is -0.266. The van der Waals surface area contributed by atoms with Crippen molar-refractivity contribution in [2.24, 2.45) is 5.10 Å². The van der Waals surface area contributed by atoms with Crippen molar-refractivity contribution in [3.8, 4) is 5.75 Å². The molecule has 0 saturated carbocycles. The van der Waals surface area contributed by atoms with Gasteiger partial charge in [0.05, 0.1) is 28.2 Å². The number of halogens is 2. The molecule has 2 N–H and O–H groups in total. The molecule has 37 heavy (non-hydrogen) atoms. The molecule has 12 heteroatoms. The van der Waals surface area contributed by atoms with Crippen LogP contribution in [0.25, 0.3) is 0 Å². The van der Waals surface area contributed by atoms with Gasteiger partial charge in [-0.1, -0.05) is 59.6 Å². The van der Waals surface area contributed by atoms with Gasteiger partial charge in [0.1, 0.15) is 12.3 Å². The van der Waals surface area contributed by atoms with E-state index in [2.05, 4.69) is 15.8 Å². The zero-order valence-electron chi connectivity index (χ0n) is 19.7. The van der Waals surface area contributed by atoms with Crippen molar-refractivity contribution in [3.63, 3.8) is 0 Å². The minimum Gasteiger partial charge on any atom is -0.484 e. The number of carbonyl (C=O) groups excluding carboxylic acids is 2. The molecule has 0 fully saturated rings. The molecule has 0 atom stereocenters. The maximum atomic E-state index is 12.3. The molecule has 0 spiro atoms. The third-order valence-corrected chi connectivity index (χ3v) is 6.81. The molecule has 0 radical (unpaired) electrons. The van der Waals surface area contributed by atoms with Crippen LogP contribution in [0.1, 0.15) is 11.1 Å². The average Bonchev–Trinajstić information content (AvgIpc) is 2.87. The summed E-state index contributed by atoms with van der Waals surface area (Å²) in [6.07, 6.45) is 2.34. The highest BCUT2D eigenvalue weighted by Gasteiger charge is 2.23. The fraction of sp³-hybridized carbons (Fsp3) is 0.160. The number of anilines is 1. The summed E-state index contributed by atoms with van der Waals surface area (Å²) in [5.74, 6) is -0.447. The van der Waals surface area contributed by atoms with Crippen LogP contribution >= 0.6 is 23.2 Å². The Bertz CT molecular complexity index is 1370. The molecular formula is C25H24Cl2N4O5S. The van der Waals surface area contributed by atoms with E-state index in [1.54, 1.807) is 24.3 Å². The molecule has 0 aromatic heterocycles. The molecular weight excluding hydrogens is 539 g/mol. The van der Waals surface area contributed by atoms with E-state index in [-0.39, 0.29) is 28.2 Å². The number of amides is 2. The second-order valence-electron chi connectivity index (χ2n) is 7.76. The van der Waals surface area contributed by atoms with Gasteiger partial charge in [0.2, 0.25) is 10.0 Å². The maximum absolute atomic E-state index is 12.3. The number of hydrazone groups is 1. The first-order valence-electron chi connectivity index (χ1n) is 10.9. The topological polar surface area (TPSA) is 117 Å². The van der Waals surface area contributed by atoms with Gasteiger partial charge in [-0.25, -0.2) is 13.8 Å². The van der Waals surface area contributed by atoms with Crippen LogP contribution < -0.4 is 19.8 Å². The fourth-order valence-electron chi connectivity index (χ4n) is 3.06. The van der Waals surface area contributed by atoms with Crippen LogP contribution in [-0.4, -0.2) is 45.9 Å². The number of hydrogen-bond donors (Lipinski definition) is 2. The van der Waals surface area contributed by atoms with E-state index in [4.69, 9.17) is 27.9 Å². The van der Waals surface area contributed by atoms with Crippen molar-refractivity contribution in [3.05, 3.63) is 94.0 Å². The lowest BCUT2D eigenvalue weighted by Gasteiger charge is -2.22. The summed E-state index contributed by atoms with van der Waals surface area (Å²) in [5, 5.41) is 6.81. The number of ether oxygens (including phenoxy) is 1. The van der Waals surface area contributed by atoms with Crippen molar-refractivity contribution in [2.45, 2.75) is 6.54 Å². The second kappa shape index (κ2) is 13.1. The van der Waals surface area contributed by atoms with Crippen molar-refractivity contribution in [1.82, 2.24) is 10.7 Å². The van der Waals surface area contributed by atoms with Gasteiger partial charge < -0.3 is 10.1 Å². The van der Waals surface area contributed by atoms with E-state index >= 15 is 0 Å². The number of hydrogen-bond acceptors (Lipinski definition) is 6. The summed E-state index contributed by atoms with van der Waals surface area (Å²) < 4.78 is 30.8. The van der Waals surface area contributed by atoms with Gasteiger partial charge >= 0.3 is 0 Å². The second-order valence-corrected chi connectivity index (χ2v) is 10.4. The van der Waals surface area contributed by atoms with E-state index in [0.29, 0.717) is 17.9 Å². The lowest BCUT2D eigenvalue weighted by atomic mass is 10.2. The Balaban J connectivity index is 1.49. The highest BCUT2D eigenvalue weighted by Crippen LogP contribution is 2.33. The summed E-state index contributed by atoms with van der Waals surface area (Å²) in [7, 11) is -3.83. The van der Waals surface area contributed by atoms with E-state index in [0.717, 1.165) is 16.1 Å². The van der Waals surface area contributed by atoms with Gasteiger partial charge in [-0.15, -0.1) is 0 Å². The SMILES string of the molecule is CS(=O)(=O)N(CC(=O)N/N=C/c1ccc(OCC(=O)NCc2ccccc2)cc1)c1cccc(Cl)c1Cl. The quantitative estimate of drug-likeness (QED) is 0.273. The zero-order chi connectivity index (χ0) is 26.8. The summed E-state index contributed by atoms with van der Waals surface area (Å²) >= 11 is 12.1. The first-order chi connectivity index (χ1) is 17.6. The number of sulfonamides is 1. The van der Waals surface area contributed by atoms with Crippen LogP contribution in [-0.2, 0) is 26.2 Å². The van der Waals surface area contributed by atoms with Crippen molar-refractivity contribution < 1.29 is 22.7 Å². The van der Waals surface area contributed by atoms with Crippen LogP contribution in [0, 0.1) is 0 Å². The molecule has 9 nitrogen and oxygen atoms in total. The average molecular weight is 563 g/mol. The normalized spacial score (nSPS) is 11.2. The third-order valence-electron chi connectivity index (χ3n) is 4.87. The minimum atomic E-state index is -3.83. The molecule has 0 saturated heterocycles. The molecule has 0 aliphatic heterocycles. The van der Waals surface area contributed by atoms with Crippen molar-refractivity contribution in [2.75, 3.05) is 23.7 Å². The first kappa shape index (κ1) is 28.0. The number of benzene rings is 3. The molecule has 3 aromatic carbocycles. The summed E-state index contributed by atoms with van der Waals surface area (Å²) in [6, 6.07) is 20.7. The van der Waals surface area contributed by atoms with Crippen LogP contribution in [0.4, 0.5) is 5.69 Å². The smallest absolute Gasteiger partial charge is 0.260 e. The van der Waals surface area contributed by atoms with Crippen LogP contribution in [0.3, 0.4) is 0 Å². The molecule has 0 unspecified atom stereocenters. The molecule has 3 rings (SSSR count). The molecule has 2 amide bonds. The van der Waals surface area contributed by atoms with E-state index in [9.17, 15) is 18.0 Å². The number of carbonyl (C=O) groups is 2. The van der Waals surface area contributed by atoms with E-state index < -0.39 is 22.5 Å². The predicted molar refractivity (Wildman–Crippen MR) is 145 cm³/mol. The lowest BCUT2D eigenvalue weighted by Crippen LogP contribution is -2.39. The van der Waals surface area contributed by atoms with Gasteiger partial charge in [-0.05, 0) is 47.5 Å². The largest absolute Gasteiger partial charge is 0.484 e. The molecule has 194 valence electrons. The summed E-state index contributed by atoms with van der Waals surface area (Å²) in [4.78, 5) is 24.3. The van der Waals surface area contributed by atoms with Crippen molar-refractivity contribution >= 4 is 56.9 Å². The van der Waals surface area contributed by atoms with Crippen LogP contribution in [0.15, 0.2) is 77.9 Å². The van der Waals surface area contributed by atoms with Gasteiger partial charge in [0, 0.05) is 6.54 Å².